The van der Waals surface area contributed by atoms with Crippen molar-refractivity contribution in [3.8, 4) is 0 Å². The van der Waals surface area contributed by atoms with Gasteiger partial charge in [0.05, 0.1) is 12.4 Å². The molecule has 0 aromatic carbocycles. The summed E-state index contributed by atoms with van der Waals surface area (Å²) >= 11 is 0. The summed E-state index contributed by atoms with van der Waals surface area (Å²) in [5.74, 6) is 0.277. The van der Waals surface area contributed by atoms with Gasteiger partial charge in [-0.2, -0.15) is 0 Å². The summed E-state index contributed by atoms with van der Waals surface area (Å²) in [6, 6.07) is 0. The Labute approximate surface area is 113 Å². The zero-order chi connectivity index (χ0) is 13.8. The van der Waals surface area contributed by atoms with E-state index in [9.17, 15) is 9.90 Å². The number of likely N-dealkylation sites (tertiary alicyclic amines) is 1. The molecule has 0 radical (unpaired) electrons. The number of rotatable bonds is 4. The summed E-state index contributed by atoms with van der Waals surface area (Å²) in [5.41, 5.74) is 5.94. The lowest BCUT2D eigenvalue weighted by Crippen LogP contribution is -2.40. The van der Waals surface area contributed by atoms with Crippen LogP contribution in [0.15, 0.2) is 12.5 Å². The molecule has 0 aliphatic carbocycles. The molecule has 1 aliphatic rings. The van der Waals surface area contributed by atoms with Crippen molar-refractivity contribution in [2.75, 3.05) is 19.6 Å². The lowest BCUT2D eigenvalue weighted by atomic mass is 9.92. The molecule has 3 N–H and O–H groups in total. The molecule has 0 spiro atoms. The van der Waals surface area contributed by atoms with Crippen molar-refractivity contribution < 1.29 is 9.90 Å². The van der Waals surface area contributed by atoms with Crippen LogP contribution >= 0.6 is 0 Å². The molecule has 1 amide bonds. The van der Waals surface area contributed by atoms with Crippen LogP contribution in [0.25, 0.3) is 0 Å². The van der Waals surface area contributed by atoms with E-state index in [2.05, 4.69) is 4.98 Å². The first-order valence-electron chi connectivity index (χ1n) is 6.81. The predicted octanol–water partition coefficient (Wildman–Crippen LogP) is 0.0748. The zero-order valence-electron chi connectivity index (χ0n) is 11.3. The highest BCUT2D eigenvalue weighted by Gasteiger charge is 2.26. The Morgan fingerprint density at radius 1 is 1.58 bits per heavy atom. The van der Waals surface area contributed by atoms with E-state index in [4.69, 9.17) is 5.73 Å². The molecule has 2 heterocycles. The van der Waals surface area contributed by atoms with Crippen LogP contribution in [0.3, 0.4) is 0 Å². The molecule has 1 atom stereocenters. The Bertz CT molecular complexity index is 422. The van der Waals surface area contributed by atoms with E-state index < -0.39 is 0 Å². The highest BCUT2D eigenvalue weighted by atomic mass is 16.3. The number of nitrogens with two attached hydrogens (primary N) is 1. The van der Waals surface area contributed by atoms with Gasteiger partial charge in [0.1, 0.15) is 5.69 Å². The average molecular weight is 266 g/mol. The van der Waals surface area contributed by atoms with Crippen LogP contribution in [0, 0.1) is 5.92 Å². The minimum absolute atomic E-state index is 0.0279. The number of aliphatic hydroxyl groups is 1. The number of piperidine rings is 1. The van der Waals surface area contributed by atoms with Crippen LogP contribution in [0.1, 0.15) is 30.3 Å². The van der Waals surface area contributed by atoms with Crippen molar-refractivity contribution in [1.82, 2.24) is 14.5 Å². The van der Waals surface area contributed by atoms with E-state index in [0.717, 1.165) is 12.8 Å². The normalized spacial score (nSPS) is 18.6. The zero-order valence-corrected chi connectivity index (χ0v) is 11.3. The first-order valence-corrected chi connectivity index (χ1v) is 6.81. The SMILES string of the molecule is CC(O)C1CCN(C(=O)c2cn(CCN)cn2)CC1. The molecule has 1 fully saturated rings. The maximum absolute atomic E-state index is 12.3. The Morgan fingerprint density at radius 2 is 2.26 bits per heavy atom. The Balaban J connectivity index is 1.93. The molecule has 1 unspecified atom stereocenters. The number of carbonyl (C=O) groups excluding carboxylic acids is 1. The van der Waals surface area contributed by atoms with Gasteiger partial charge in [0.2, 0.25) is 0 Å². The van der Waals surface area contributed by atoms with Crippen LogP contribution in [0.5, 0.6) is 0 Å². The van der Waals surface area contributed by atoms with Gasteiger partial charge in [-0.1, -0.05) is 0 Å². The van der Waals surface area contributed by atoms with Gasteiger partial charge in [0.15, 0.2) is 0 Å². The molecule has 1 aliphatic heterocycles. The third-order valence-corrected chi connectivity index (χ3v) is 3.75. The molecular weight excluding hydrogens is 244 g/mol. The number of imidazole rings is 1. The molecule has 0 bridgehead atoms. The lowest BCUT2D eigenvalue weighted by Gasteiger charge is -2.32. The van der Waals surface area contributed by atoms with Crippen LogP contribution in [0.4, 0.5) is 0 Å². The Morgan fingerprint density at radius 3 is 2.84 bits per heavy atom. The minimum atomic E-state index is -0.291. The summed E-state index contributed by atoms with van der Waals surface area (Å²) in [5, 5.41) is 9.55. The largest absolute Gasteiger partial charge is 0.393 e. The van der Waals surface area contributed by atoms with Crippen molar-refractivity contribution in [3.63, 3.8) is 0 Å². The van der Waals surface area contributed by atoms with Gasteiger partial charge in [-0.3, -0.25) is 4.79 Å². The molecular formula is C13H22N4O2. The number of hydrogen-bond acceptors (Lipinski definition) is 4. The maximum atomic E-state index is 12.3. The number of aliphatic hydroxyl groups excluding tert-OH is 1. The van der Waals surface area contributed by atoms with Crippen molar-refractivity contribution in [2.45, 2.75) is 32.4 Å². The first kappa shape index (κ1) is 14.0. The maximum Gasteiger partial charge on any atom is 0.274 e. The van der Waals surface area contributed by atoms with E-state index >= 15 is 0 Å². The van der Waals surface area contributed by atoms with Crippen LogP contribution in [-0.4, -0.2) is 51.2 Å². The second-order valence-corrected chi connectivity index (χ2v) is 5.16. The predicted molar refractivity (Wildman–Crippen MR) is 71.6 cm³/mol. The summed E-state index contributed by atoms with van der Waals surface area (Å²) in [6.07, 6.45) is 4.80. The Kier molecular flexibility index (Phi) is 4.55. The summed E-state index contributed by atoms with van der Waals surface area (Å²) in [7, 11) is 0. The van der Waals surface area contributed by atoms with Crippen LogP contribution in [-0.2, 0) is 6.54 Å². The van der Waals surface area contributed by atoms with Crippen LogP contribution < -0.4 is 5.73 Å². The van der Waals surface area contributed by atoms with E-state index in [1.807, 2.05) is 16.4 Å². The fourth-order valence-corrected chi connectivity index (χ4v) is 2.49. The molecule has 6 nitrogen and oxygen atoms in total. The standard InChI is InChI=1S/C13H22N4O2/c1-10(18)11-2-5-17(6-3-11)13(19)12-8-16(7-4-14)9-15-12/h8-11,18H,2-7,14H2,1H3. The minimum Gasteiger partial charge on any atom is -0.393 e. The van der Waals surface area contributed by atoms with E-state index in [1.165, 1.54) is 0 Å². The summed E-state index contributed by atoms with van der Waals surface area (Å²) in [6.45, 7) is 4.40. The molecule has 19 heavy (non-hydrogen) atoms. The summed E-state index contributed by atoms with van der Waals surface area (Å²) in [4.78, 5) is 18.2. The number of aromatic nitrogens is 2. The van der Waals surface area contributed by atoms with Crippen molar-refractivity contribution in [3.05, 3.63) is 18.2 Å². The van der Waals surface area contributed by atoms with E-state index in [-0.39, 0.29) is 12.0 Å². The van der Waals surface area contributed by atoms with Gasteiger partial charge < -0.3 is 20.3 Å². The van der Waals surface area contributed by atoms with Crippen molar-refractivity contribution >= 4 is 5.91 Å². The van der Waals surface area contributed by atoms with E-state index in [1.54, 1.807) is 12.5 Å². The number of amides is 1. The van der Waals surface area contributed by atoms with Gasteiger partial charge in [-0.05, 0) is 25.7 Å². The third kappa shape index (κ3) is 3.33. The van der Waals surface area contributed by atoms with Gasteiger partial charge in [0.25, 0.3) is 5.91 Å². The van der Waals surface area contributed by atoms with Crippen molar-refractivity contribution in [1.29, 1.82) is 0 Å². The molecule has 1 aromatic heterocycles. The molecule has 1 aromatic rings. The van der Waals surface area contributed by atoms with Gasteiger partial charge in [0, 0.05) is 32.4 Å². The molecule has 1 saturated heterocycles. The quantitative estimate of drug-likeness (QED) is 0.808. The second-order valence-electron chi connectivity index (χ2n) is 5.16. The highest BCUT2D eigenvalue weighted by Crippen LogP contribution is 2.21. The van der Waals surface area contributed by atoms with Gasteiger partial charge in [-0.15, -0.1) is 0 Å². The fraction of sp³-hybridized carbons (Fsp3) is 0.692. The Hall–Kier alpha value is -1.40. The number of carbonyl (C=O) groups is 1. The topological polar surface area (TPSA) is 84.4 Å². The average Bonchev–Trinajstić information content (AvgIpc) is 2.87. The molecule has 6 heteroatoms. The van der Waals surface area contributed by atoms with Gasteiger partial charge in [-0.25, -0.2) is 4.98 Å². The van der Waals surface area contributed by atoms with Gasteiger partial charge >= 0.3 is 0 Å². The number of nitrogens with zero attached hydrogens (tertiary/aromatic N) is 3. The van der Waals surface area contributed by atoms with E-state index in [0.29, 0.717) is 37.8 Å². The first-order chi connectivity index (χ1) is 9.11. The number of hydrogen-bond donors (Lipinski definition) is 2. The molecule has 2 rings (SSSR count). The second kappa shape index (κ2) is 6.16. The highest BCUT2D eigenvalue weighted by molar-refractivity contribution is 5.92. The van der Waals surface area contributed by atoms with Crippen molar-refractivity contribution in [2.24, 2.45) is 11.7 Å². The molecule has 0 saturated carbocycles. The third-order valence-electron chi connectivity index (χ3n) is 3.75. The summed E-state index contributed by atoms with van der Waals surface area (Å²) < 4.78 is 1.83. The lowest BCUT2D eigenvalue weighted by molar-refractivity contribution is 0.0517. The molecule has 106 valence electrons. The van der Waals surface area contributed by atoms with Crippen LogP contribution in [0.2, 0.25) is 0 Å². The monoisotopic (exact) mass is 266 g/mol. The fourth-order valence-electron chi connectivity index (χ4n) is 2.49. The smallest absolute Gasteiger partial charge is 0.274 e.